The summed E-state index contributed by atoms with van der Waals surface area (Å²) in [6.07, 6.45) is 0. The van der Waals surface area contributed by atoms with Gasteiger partial charge in [-0.15, -0.1) is 11.3 Å². The second-order valence-corrected chi connectivity index (χ2v) is 5.04. The highest BCUT2D eigenvalue weighted by atomic mass is 35.5. The molecule has 0 fully saturated rings. The summed E-state index contributed by atoms with van der Waals surface area (Å²) in [5.41, 5.74) is 2.04. The largest absolute Gasteiger partial charge is 0.337 e. The molecule has 0 radical (unpaired) electrons. The summed E-state index contributed by atoms with van der Waals surface area (Å²) in [6, 6.07) is 4.85. The number of para-hydroxylation sites is 1. The lowest BCUT2D eigenvalue weighted by Gasteiger charge is -1.92. The lowest BCUT2D eigenvalue weighted by molar-refractivity contribution is 0.637. The minimum Gasteiger partial charge on any atom is -0.337 e. The Labute approximate surface area is 106 Å². The average molecular weight is 267 g/mol. The molecule has 1 N–H and O–H groups in total. The number of thiophene rings is 1. The van der Waals surface area contributed by atoms with Crippen molar-refractivity contribution in [1.82, 2.24) is 9.97 Å². The van der Waals surface area contributed by atoms with E-state index in [-0.39, 0.29) is 5.82 Å². The van der Waals surface area contributed by atoms with E-state index in [4.69, 9.17) is 11.6 Å². The van der Waals surface area contributed by atoms with Gasteiger partial charge in [-0.25, -0.2) is 9.37 Å². The first-order chi connectivity index (χ1) is 8.16. The minimum atomic E-state index is -0.325. The van der Waals surface area contributed by atoms with Crippen LogP contribution < -0.4 is 0 Å². The molecule has 0 bridgehead atoms. The standard InChI is InChI=1S/C12H8ClFN2S/c1-6-5-17-11(9(6)13)12-15-8-4-2-3-7(14)10(8)16-12/h2-5H,1H3,(H,15,16). The predicted octanol–water partition coefficient (Wildman–Crippen LogP) is 4.39. The van der Waals surface area contributed by atoms with Gasteiger partial charge in [-0.05, 0) is 30.0 Å². The number of aryl methyl sites for hydroxylation is 1. The number of imidazole rings is 1. The number of aromatic nitrogens is 2. The molecule has 0 saturated carbocycles. The predicted molar refractivity (Wildman–Crippen MR) is 69.1 cm³/mol. The third kappa shape index (κ3) is 1.64. The van der Waals surface area contributed by atoms with Crippen LogP contribution in [0.5, 0.6) is 0 Å². The Bertz CT molecular complexity index is 702. The molecule has 3 aromatic rings. The van der Waals surface area contributed by atoms with Gasteiger partial charge >= 0.3 is 0 Å². The third-order valence-corrected chi connectivity index (χ3v) is 4.28. The van der Waals surface area contributed by atoms with Crippen molar-refractivity contribution >= 4 is 34.0 Å². The first-order valence-corrected chi connectivity index (χ1v) is 6.31. The van der Waals surface area contributed by atoms with E-state index in [0.29, 0.717) is 21.9 Å². The molecule has 0 aliphatic heterocycles. The first kappa shape index (κ1) is 10.7. The van der Waals surface area contributed by atoms with Crippen molar-refractivity contribution in [3.63, 3.8) is 0 Å². The zero-order valence-corrected chi connectivity index (χ0v) is 10.5. The molecular formula is C12H8ClFN2S. The van der Waals surface area contributed by atoms with Crippen LogP contribution in [-0.4, -0.2) is 9.97 Å². The second-order valence-electron chi connectivity index (χ2n) is 3.78. The Morgan fingerprint density at radius 2 is 2.24 bits per heavy atom. The summed E-state index contributed by atoms with van der Waals surface area (Å²) in [6.45, 7) is 1.94. The Hall–Kier alpha value is -1.39. The molecule has 0 spiro atoms. The maximum Gasteiger partial charge on any atom is 0.151 e. The van der Waals surface area contributed by atoms with E-state index in [2.05, 4.69) is 9.97 Å². The molecule has 2 nitrogen and oxygen atoms in total. The zero-order valence-electron chi connectivity index (χ0n) is 8.92. The topological polar surface area (TPSA) is 28.7 Å². The van der Waals surface area contributed by atoms with Gasteiger partial charge in [0.2, 0.25) is 0 Å². The molecule has 86 valence electrons. The molecule has 0 amide bonds. The van der Waals surface area contributed by atoms with Gasteiger partial charge in [-0.2, -0.15) is 0 Å². The van der Waals surface area contributed by atoms with Crippen LogP contribution in [0, 0.1) is 12.7 Å². The van der Waals surface area contributed by atoms with Crippen LogP contribution in [0.25, 0.3) is 21.7 Å². The lowest BCUT2D eigenvalue weighted by Crippen LogP contribution is -1.77. The van der Waals surface area contributed by atoms with Crippen LogP contribution in [0.4, 0.5) is 4.39 Å². The number of hydrogen-bond donors (Lipinski definition) is 1. The summed E-state index contributed by atoms with van der Waals surface area (Å²) in [4.78, 5) is 8.18. The van der Waals surface area contributed by atoms with E-state index in [1.165, 1.54) is 17.4 Å². The maximum atomic E-state index is 13.5. The van der Waals surface area contributed by atoms with Gasteiger partial charge in [0, 0.05) is 0 Å². The van der Waals surface area contributed by atoms with Crippen molar-refractivity contribution in [1.29, 1.82) is 0 Å². The van der Waals surface area contributed by atoms with Crippen LogP contribution in [0.3, 0.4) is 0 Å². The van der Waals surface area contributed by atoms with Gasteiger partial charge in [0.1, 0.15) is 11.3 Å². The number of fused-ring (bicyclic) bond motifs is 1. The smallest absolute Gasteiger partial charge is 0.151 e. The molecule has 0 saturated heterocycles. The van der Waals surface area contributed by atoms with E-state index in [1.54, 1.807) is 12.1 Å². The molecule has 0 unspecified atom stereocenters. The van der Waals surface area contributed by atoms with Crippen molar-refractivity contribution in [3.05, 3.63) is 40.0 Å². The third-order valence-electron chi connectivity index (χ3n) is 2.58. The monoisotopic (exact) mass is 266 g/mol. The van der Waals surface area contributed by atoms with Crippen LogP contribution in [0.1, 0.15) is 5.56 Å². The molecule has 0 aliphatic rings. The van der Waals surface area contributed by atoms with Crippen molar-refractivity contribution in [2.45, 2.75) is 6.92 Å². The Balaban J connectivity index is 2.25. The quantitative estimate of drug-likeness (QED) is 0.695. The van der Waals surface area contributed by atoms with E-state index in [0.717, 1.165) is 10.4 Å². The maximum absolute atomic E-state index is 13.5. The van der Waals surface area contributed by atoms with Gasteiger partial charge in [0.05, 0.1) is 15.4 Å². The summed E-state index contributed by atoms with van der Waals surface area (Å²) < 4.78 is 13.5. The van der Waals surface area contributed by atoms with E-state index >= 15 is 0 Å². The minimum absolute atomic E-state index is 0.325. The number of halogens is 2. The summed E-state index contributed by atoms with van der Waals surface area (Å²) in [5, 5.41) is 2.63. The van der Waals surface area contributed by atoms with E-state index < -0.39 is 0 Å². The normalized spacial score (nSPS) is 11.2. The van der Waals surface area contributed by atoms with E-state index in [9.17, 15) is 4.39 Å². The fraction of sp³-hybridized carbons (Fsp3) is 0.0833. The average Bonchev–Trinajstić information content (AvgIpc) is 2.85. The van der Waals surface area contributed by atoms with Gasteiger partial charge in [-0.1, -0.05) is 17.7 Å². The number of nitrogens with zero attached hydrogens (tertiary/aromatic N) is 1. The number of H-pyrrole nitrogens is 1. The Morgan fingerprint density at radius 3 is 2.88 bits per heavy atom. The molecule has 1 aromatic carbocycles. The number of benzene rings is 1. The Kier molecular flexibility index (Phi) is 2.42. The highest BCUT2D eigenvalue weighted by Crippen LogP contribution is 2.35. The van der Waals surface area contributed by atoms with Crippen molar-refractivity contribution < 1.29 is 4.39 Å². The van der Waals surface area contributed by atoms with Gasteiger partial charge in [0.25, 0.3) is 0 Å². The molecule has 2 aromatic heterocycles. The van der Waals surface area contributed by atoms with Crippen LogP contribution in [-0.2, 0) is 0 Å². The van der Waals surface area contributed by atoms with E-state index in [1.807, 2.05) is 12.3 Å². The molecular weight excluding hydrogens is 259 g/mol. The number of nitrogens with one attached hydrogen (secondary N) is 1. The summed E-state index contributed by atoms with van der Waals surface area (Å²) in [7, 11) is 0. The van der Waals surface area contributed by atoms with Gasteiger partial charge < -0.3 is 4.98 Å². The summed E-state index contributed by atoms with van der Waals surface area (Å²) in [5.74, 6) is 0.294. The zero-order chi connectivity index (χ0) is 12.0. The molecule has 3 rings (SSSR count). The SMILES string of the molecule is Cc1csc(-c2nc3c(F)cccc3[nH]2)c1Cl. The van der Waals surface area contributed by atoms with Crippen LogP contribution in [0.15, 0.2) is 23.6 Å². The summed E-state index contributed by atoms with van der Waals surface area (Å²) >= 11 is 7.67. The fourth-order valence-corrected chi connectivity index (χ4v) is 2.92. The fourth-order valence-electron chi connectivity index (χ4n) is 1.69. The van der Waals surface area contributed by atoms with Gasteiger partial charge in [-0.3, -0.25) is 0 Å². The van der Waals surface area contributed by atoms with Gasteiger partial charge in [0.15, 0.2) is 5.82 Å². The first-order valence-electron chi connectivity index (χ1n) is 5.05. The highest BCUT2D eigenvalue weighted by Gasteiger charge is 2.14. The second kappa shape index (κ2) is 3.82. The molecule has 2 heterocycles. The highest BCUT2D eigenvalue weighted by molar-refractivity contribution is 7.14. The molecule has 17 heavy (non-hydrogen) atoms. The lowest BCUT2D eigenvalue weighted by atomic mass is 10.3. The van der Waals surface area contributed by atoms with Crippen molar-refractivity contribution in [2.24, 2.45) is 0 Å². The van der Waals surface area contributed by atoms with Crippen molar-refractivity contribution in [3.8, 4) is 10.7 Å². The Morgan fingerprint density at radius 1 is 1.41 bits per heavy atom. The molecule has 0 atom stereocenters. The number of rotatable bonds is 1. The number of hydrogen-bond acceptors (Lipinski definition) is 2. The van der Waals surface area contributed by atoms with Crippen LogP contribution in [0.2, 0.25) is 5.02 Å². The molecule has 5 heteroatoms. The number of aromatic amines is 1. The van der Waals surface area contributed by atoms with Crippen molar-refractivity contribution in [2.75, 3.05) is 0 Å². The molecule has 0 aliphatic carbocycles. The van der Waals surface area contributed by atoms with Crippen LogP contribution >= 0.6 is 22.9 Å².